The summed E-state index contributed by atoms with van der Waals surface area (Å²) in [7, 11) is 0. The number of esters is 1. The molecule has 0 aliphatic heterocycles. The van der Waals surface area contributed by atoms with E-state index in [-0.39, 0.29) is 17.4 Å². The van der Waals surface area contributed by atoms with Gasteiger partial charge in [-0.3, -0.25) is 4.79 Å². The van der Waals surface area contributed by atoms with Crippen LogP contribution in [-0.4, -0.2) is 17.9 Å². The summed E-state index contributed by atoms with van der Waals surface area (Å²) in [6.07, 6.45) is 5.59. The van der Waals surface area contributed by atoms with Gasteiger partial charge in [-0.25, -0.2) is 4.79 Å². The summed E-state index contributed by atoms with van der Waals surface area (Å²) in [6, 6.07) is 19.8. The Morgan fingerprint density at radius 3 is 2.24 bits per heavy atom. The third-order valence-electron chi connectivity index (χ3n) is 6.19. The molecule has 152 valence electrons. The second kappa shape index (κ2) is 9.21. The van der Waals surface area contributed by atoms with Gasteiger partial charge >= 0.3 is 5.97 Å². The molecule has 3 nitrogen and oxygen atoms in total. The van der Waals surface area contributed by atoms with Crippen LogP contribution in [0.1, 0.15) is 51.2 Å². The average Bonchev–Trinajstić information content (AvgIpc) is 2.73. The minimum atomic E-state index is -0.759. The predicted octanol–water partition coefficient (Wildman–Crippen LogP) is 5.59. The molecule has 3 rings (SSSR count). The van der Waals surface area contributed by atoms with Gasteiger partial charge in [-0.15, -0.1) is 0 Å². The molecule has 2 aromatic carbocycles. The van der Waals surface area contributed by atoms with Crippen LogP contribution < -0.4 is 0 Å². The first-order chi connectivity index (χ1) is 13.9. The van der Waals surface area contributed by atoms with E-state index >= 15 is 0 Å². The number of hydrogen-bond donors (Lipinski definition) is 0. The summed E-state index contributed by atoms with van der Waals surface area (Å²) in [5, 5.41) is 0. The first-order valence-corrected chi connectivity index (χ1v) is 10.4. The molecule has 1 saturated carbocycles. The Morgan fingerprint density at radius 1 is 0.966 bits per heavy atom. The van der Waals surface area contributed by atoms with Gasteiger partial charge < -0.3 is 4.74 Å². The third-order valence-corrected chi connectivity index (χ3v) is 6.19. The van der Waals surface area contributed by atoms with Crippen LogP contribution in [0.2, 0.25) is 0 Å². The quantitative estimate of drug-likeness (QED) is 0.367. The largest absolute Gasteiger partial charge is 0.456 e. The Bertz CT molecular complexity index is 852. The SMILES string of the molecule is C[C@@H]1CC[C@@H](C(C)(C)c2ccccc2)[C@H](OC(=O)C(=O)/C=C/c2ccccc2)C1. The predicted molar refractivity (Wildman–Crippen MR) is 116 cm³/mol. The Labute approximate surface area is 173 Å². The topological polar surface area (TPSA) is 43.4 Å². The van der Waals surface area contributed by atoms with Crippen molar-refractivity contribution in [3.05, 3.63) is 77.9 Å². The van der Waals surface area contributed by atoms with Crippen molar-refractivity contribution < 1.29 is 14.3 Å². The van der Waals surface area contributed by atoms with Gasteiger partial charge in [0.2, 0.25) is 0 Å². The molecule has 2 aromatic rings. The molecule has 3 heteroatoms. The standard InChI is InChI=1S/C26H30O3/c1-19-14-16-22(26(2,3)21-12-8-5-9-13-21)24(18-19)29-25(28)23(27)17-15-20-10-6-4-7-11-20/h4-13,15,17,19,22,24H,14,16,18H2,1-3H3/b17-15+/t19-,22-,24-/m1/s1. The minimum Gasteiger partial charge on any atom is -0.456 e. The van der Waals surface area contributed by atoms with Crippen LogP contribution in [0, 0.1) is 11.8 Å². The molecule has 0 unspecified atom stereocenters. The van der Waals surface area contributed by atoms with E-state index in [0.717, 1.165) is 24.8 Å². The van der Waals surface area contributed by atoms with E-state index in [0.29, 0.717) is 5.92 Å². The molecular weight excluding hydrogens is 360 g/mol. The molecule has 0 radical (unpaired) electrons. The zero-order valence-electron chi connectivity index (χ0n) is 17.5. The summed E-state index contributed by atoms with van der Waals surface area (Å²) in [4.78, 5) is 24.9. The van der Waals surface area contributed by atoms with Crippen molar-refractivity contribution in [1.82, 2.24) is 0 Å². The molecule has 1 aliphatic carbocycles. The maximum Gasteiger partial charge on any atom is 0.379 e. The Hall–Kier alpha value is -2.68. The lowest BCUT2D eigenvalue weighted by Crippen LogP contribution is -2.44. The van der Waals surface area contributed by atoms with E-state index in [4.69, 9.17) is 4.74 Å². The zero-order chi connectivity index (χ0) is 20.9. The number of carbonyl (C=O) groups is 2. The number of carbonyl (C=O) groups excluding carboxylic acids is 2. The van der Waals surface area contributed by atoms with Crippen molar-refractivity contribution in [3.8, 4) is 0 Å². The second-order valence-corrected chi connectivity index (χ2v) is 8.66. The van der Waals surface area contributed by atoms with Crippen molar-refractivity contribution in [3.63, 3.8) is 0 Å². The Morgan fingerprint density at radius 2 is 1.59 bits per heavy atom. The van der Waals surface area contributed by atoms with Gasteiger partial charge in [0, 0.05) is 5.92 Å². The second-order valence-electron chi connectivity index (χ2n) is 8.66. The Kier molecular flexibility index (Phi) is 6.68. The highest BCUT2D eigenvalue weighted by Gasteiger charge is 2.42. The summed E-state index contributed by atoms with van der Waals surface area (Å²) < 4.78 is 5.79. The fourth-order valence-corrected chi connectivity index (χ4v) is 4.37. The molecule has 0 bridgehead atoms. The lowest BCUT2D eigenvalue weighted by molar-refractivity contribution is -0.161. The zero-order valence-corrected chi connectivity index (χ0v) is 17.5. The van der Waals surface area contributed by atoms with Crippen LogP contribution in [0.5, 0.6) is 0 Å². The fraction of sp³-hybridized carbons (Fsp3) is 0.385. The van der Waals surface area contributed by atoms with E-state index in [1.54, 1.807) is 6.08 Å². The molecule has 29 heavy (non-hydrogen) atoms. The molecule has 0 saturated heterocycles. The Balaban J connectivity index is 1.73. The fourth-order valence-electron chi connectivity index (χ4n) is 4.37. The molecule has 0 heterocycles. The van der Waals surface area contributed by atoms with Crippen LogP contribution in [0.25, 0.3) is 6.08 Å². The highest BCUT2D eigenvalue weighted by atomic mass is 16.5. The van der Waals surface area contributed by atoms with Crippen LogP contribution >= 0.6 is 0 Å². The third kappa shape index (κ3) is 5.23. The summed E-state index contributed by atoms with van der Waals surface area (Å²) in [6.45, 7) is 6.60. The lowest BCUT2D eigenvalue weighted by atomic mass is 9.64. The number of rotatable bonds is 6. The maximum absolute atomic E-state index is 12.5. The van der Waals surface area contributed by atoms with Gasteiger partial charge in [0.1, 0.15) is 6.10 Å². The molecule has 1 fully saturated rings. The maximum atomic E-state index is 12.5. The van der Waals surface area contributed by atoms with Crippen molar-refractivity contribution in [2.24, 2.45) is 11.8 Å². The normalized spacial score (nSPS) is 22.4. The number of benzene rings is 2. The van der Waals surface area contributed by atoms with E-state index in [9.17, 15) is 9.59 Å². The van der Waals surface area contributed by atoms with Crippen molar-refractivity contribution in [2.45, 2.75) is 51.6 Å². The van der Waals surface area contributed by atoms with Crippen molar-refractivity contribution >= 4 is 17.8 Å². The van der Waals surface area contributed by atoms with E-state index < -0.39 is 11.8 Å². The molecule has 0 amide bonds. The molecule has 1 aliphatic rings. The van der Waals surface area contributed by atoms with Crippen LogP contribution in [0.3, 0.4) is 0 Å². The van der Waals surface area contributed by atoms with Crippen LogP contribution in [0.4, 0.5) is 0 Å². The van der Waals surface area contributed by atoms with Crippen LogP contribution in [-0.2, 0) is 19.7 Å². The highest BCUT2D eigenvalue weighted by Crippen LogP contribution is 2.43. The number of ether oxygens (including phenoxy) is 1. The van der Waals surface area contributed by atoms with Crippen molar-refractivity contribution in [1.29, 1.82) is 0 Å². The first-order valence-electron chi connectivity index (χ1n) is 10.4. The van der Waals surface area contributed by atoms with Gasteiger partial charge in [-0.2, -0.15) is 0 Å². The minimum absolute atomic E-state index is 0.144. The highest BCUT2D eigenvalue weighted by molar-refractivity contribution is 6.39. The van der Waals surface area contributed by atoms with Crippen molar-refractivity contribution in [2.75, 3.05) is 0 Å². The lowest BCUT2D eigenvalue weighted by Gasteiger charge is -2.43. The van der Waals surface area contributed by atoms with E-state index in [1.165, 1.54) is 11.6 Å². The van der Waals surface area contributed by atoms with Gasteiger partial charge in [-0.05, 0) is 41.4 Å². The molecule has 3 atom stereocenters. The van der Waals surface area contributed by atoms with Gasteiger partial charge in [0.25, 0.3) is 5.78 Å². The van der Waals surface area contributed by atoms with E-state index in [1.807, 2.05) is 48.5 Å². The summed E-state index contributed by atoms with van der Waals surface area (Å²) >= 11 is 0. The van der Waals surface area contributed by atoms with Gasteiger partial charge in [-0.1, -0.05) is 93.9 Å². The molecule has 0 spiro atoms. The van der Waals surface area contributed by atoms with E-state index in [2.05, 4.69) is 32.9 Å². The number of hydrogen-bond acceptors (Lipinski definition) is 3. The summed E-state index contributed by atoms with van der Waals surface area (Å²) in [5.41, 5.74) is 1.97. The number of ketones is 1. The van der Waals surface area contributed by atoms with Gasteiger partial charge in [0.15, 0.2) is 0 Å². The summed E-state index contributed by atoms with van der Waals surface area (Å²) in [5.74, 6) is -0.713. The first kappa shape index (κ1) is 21.0. The smallest absolute Gasteiger partial charge is 0.379 e. The average molecular weight is 391 g/mol. The molecule has 0 N–H and O–H groups in total. The van der Waals surface area contributed by atoms with Crippen LogP contribution in [0.15, 0.2) is 66.7 Å². The monoisotopic (exact) mass is 390 g/mol. The molecule has 0 aromatic heterocycles. The molecular formula is C26H30O3. The van der Waals surface area contributed by atoms with Gasteiger partial charge in [0.05, 0.1) is 0 Å².